The summed E-state index contributed by atoms with van der Waals surface area (Å²) < 4.78 is 0. The van der Waals surface area contributed by atoms with Gasteiger partial charge in [-0.05, 0) is 18.8 Å². The second-order valence-corrected chi connectivity index (χ2v) is 5.17. The monoisotopic (exact) mass is 227 g/mol. The Morgan fingerprint density at radius 1 is 1.44 bits per heavy atom. The van der Waals surface area contributed by atoms with E-state index in [0.717, 1.165) is 13.1 Å². The minimum absolute atomic E-state index is 0.340. The summed E-state index contributed by atoms with van der Waals surface area (Å²) in [7, 11) is 0. The van der Waals surface area contributed by atoms with Gasteiger partial charge in [0.05, 0.1) is 0 Å². The van der Waals surface area contributed by atoms with Gasteiger partial charge in [0.1, 0.15) is 5.84 Å². The Morgan fingerprint density at radius 2 is 2.06 bits per heavy atom. The van der Waals surface area contributed by atoms with Crippen molar-refractivity contribution < 1.29 is 5.21 Å². The second kappa shape index (κ2) is 6.74. The summed E-state index contributed by atoms with van der Waals surface area (Å²) >= 11 is 0. The van der Waals surface area contributed by atoms with Crippen molar-refractivity contribution in [2.24, 2.45) is 16.8 Å². The van der Waals surface area contributed by atoms with Gasteiger partial charge in [0.25, 0.3) is 0 Å². The van der Waals surface area contributed by atoms with E-state index in [1.165, 1.54) is 25.7 Å². The summed E-state index contributed by atoms with van der Waals surface area (Å²) in [5.74, 6) is 1.01. The van der Waals surface area contributed by atoms with Gasteiger partial charge in [0, 0.05) is 25.6 Å². The lowest BCUT2D eigenvalue weighted by molar-refractivity contribution is 0.181. The standard InChI is InChI=1S/C12H25N3O/c1-10(2)9-15(8-7-12(13)14-16)11-5-3-4-6-11/h10-11,16H,3-9H2,1-2H3,(H2,13,14). The van der Waals surface area contributed by atoms with Crippen LogP contribution in [0, 0.1) is 5.92 Å². The number of hydrogen-bond acceptors (Lipinski definition) is 3. The molecule has 0 spiro atoms. The van der Waals surface area contributed by atoms with Gasteiger partial charge in [0.2, 0.25) is 0 Å². The van der Waals surface area contributed by atoms with Crippen LogP contribution in [0.2, 0.25) is 0 Å². The summed E-state index contributed by atoms with van der Waals surface area (Å²) in [6.45, 7) is 6.51. The maximum atomic E-state index is 8.54. The van der Waals surface area contributed by atoms with Crippen LogP contribution in [-0.2, 0) is 0 Å². The molecule has 16 heavy (non-hydrogen) atoms. The summed E-state index contributed by atoms with van der Waals surface area (Å²) in [5.41, 5.74) is 5.52. The molecule has 0 aromatic rings. The topological polar surface area (TPSA) is 61.8 Å². The lowest BCUT2D eigenvalue weighted by Crippen LogP contribution is -2.38. The van der Waals surface area contributed by atoms with Crippen LogP contribution in [0.1, 0.15) is 46.0 Å². The smallest absolute Gasteiger partial charge is 0.140 e. The molecule has 1 rings (SSSR count). The lowest BCUT2D eigenvalue weighted by Gasteiger charge is -2.30. The van der Waals surface area contributed by atoms with Crippen molar-refractivity contribution in [3.8, 4) is 0 Å². The SMILES string of the molecule is CC(C)CN(CCC(N)=NO)C1CCCC1. The van der Waals surface area contributed by atoms with Crippen LogP contribution in [0.4, 0.5) is 0 Å². The Labute approximate surface area is 98.5 Å². The van der Waals surface area contributed by atoms with Crippen molar-refractivity contribution >= 4 is 5.84 Å². The maximum absolute atomic E-state index is 8.54. The van der Waals surface area contributed by atoms with E-state index < -0.39 is 0 Å². The van der Waals surface area contributed by atoms with E-state index in [4.69, 9.17) is 10.9 Å². The molecule has 3 N–H and O–H groups in total. The van der Waals surface area contributed by atoms with Gasteiger partial charge in [-0.25, -0.2) is 0 Å². The summed E-state index contributed by atoms with van der Waals surface area (Å²) in [4.78, 5) is 2.51. The molecular formula is C12H25N3O. The van der Waals surface area contributed by atoms with E-state index in [-0.39, 0.29) is 0 Å². The first-order chi connectivity index (χ1) is 7.63. The molecule has 94 valence electrons. The van der Waals surface area contributed by atoms with Crippen LogP contribution >= 0.6 is 0 Å². The van der Waals surface area contributed by atoms with Gasteiger partial charge in [-0.3, -0.25) is 4.90 Å². The molecule has 0 radical (unpaired) electrons. The highest BCUT2D eigenvalue weighted by molar-refractivity contribution is 5.79. The van der Waals surface area contributed by atoms with E-state index >= 15 is 0 Å². The normalized spacial score (nSPS) is 18.9. The molecule has 0 amide bonds. The van der Waals surface area contributed by atoms with Crippen LogP contribution in [0.15, 0.2) is 5.16 Å². The van der Waals surface area contributed by atoms with E-state index in [0.29, 0.717) is 24.2 Å². The van der Waals surface area contributed by atoms with Gasteiger partial charge >= 0.3 is 0 Å². The van der Waals surface area contributed by atoms with Gasteiger partial charge in [-0.15, -0.1) is 0 Å². The summed E-state index contributed by atoms with van der Waals surface area (Å²) in [6, 6.07) is 0.717. The van der Waals surface area contributed by atoms with E-state index in [2.05, 4.69) is 23.9 Å². The number of rotatable bonds is 6. The molecule has 1 saturated carbocycles. The minimum Gasteiger partial charge on any atom is -0.409 e. The molecule has 0 aromatic carbocycles. The van der Waals surface area contributed by atoms with Gasteiger partial charge in [0.15, 0.2) is 0 Å². The first kappa shape index (κ1) is 13.3. The molecule has 1 aliphatic carbocycles. The van der Waals surface area contributed by atoms with Gasteiger partial charge in [-0.1, -0.05) is 31.8 Å². The minimum atomic E-state index is 0.340. The molecule has 0 bridgehead atoms. The van der Waals surface area contributed by atoms with Crippen molar-refractivity contribution in [2.45, 2.75) is 52.0 Å². The first-order valence-electron chi connectivity index (χ1n) is 6.34. The zero-order valence-electron chi connectivity index (χ0n) is 10.5. The van der Waals surface area contributed by atoms with Crippen molar-refractivity contribution in [3.05, 3.63) is 0 Å². The Kier molecular flexibility index (Phi) is 5.60. The highest BCUT2D eigenvalue weighted by Gasteiger charge is 2.22. The predicted molar refractivity (Wildman–Crippen MR) is 66.7 cm³/mol. The molecule has 0 atom stereocenters. The number of nitrogens with zero attached hydrogens (tertiary/aromatic N) is 2. The molecule has 0 aromatic heterocycles. The summed E-state index contributed by atoms with van der Waals surface area (Å²) in [5, 5.41) is 11.6. The molecule has 4 nitrogen and oxygen atoms in total. The Bertz CT molecular complexity index is 222. The Hall–Kier alpha value is -0.770. The second-order valence-electron chi connectivity index (χ2n) is 5.17. The molecule has 0 saturated heterocycles. The van der Waals surface area contributed by atoms with E-state index in [1.54, 1.807) is 0 Å². The quantitative estimate of drug-likeness (QED) is 0.316. The maximum Gasteiger partial charge on any atom is 0.140 e. The number of amidine groups is 1. The predicted octanol–water partition coefficient (Wildman–Crippen LogP) is 2.02. The van der Waals surface area contributed by atoms with E-state index in [9.17, 15) is 0 Å². The van der Waals surface area contributed by atoms with Crippen LogP contribution in [0.3, 0.4) is 0 Å². The van der Waals surface area contributed by atoms with Gasteiger partial charge < -0.3 is 10.9 Å². The number of hydrogen-bond donors (Lipinski definition) is 2. The fourth-order valence-electron chi connectivity index (χ4n) is 2.47. The highest BCUT2D eigenvalue weighted by Crippen LogP contribution is 2.24. The van der Waals surface area contributed by atoms with Crippen molar-refractivity contribution in [1.82, 2.24) is 4.90 Å². The summed E-state index contributed by atoms with van der Waals surface area (Å²) in [6.07, 6.45) is 5.98. The molecule has 0 heterocycles. The molecule has 0 aliphatic heterocycles. The largest absolute Gasteiger partial charge is 0.409 e. The fourth-order valence-corrected chi connectivity index (χ4v) is 2.47. The Morgan fingerprint density at radius 3 is 2.56 bits per heavy atom. The van der Waals surface area contributed by atoms with Crippen molar-refractivity contribution in [1.29, 1.82) is 0 Å². The van der Waals surface area contributed by atoms with Crippen molar-refractivity contribution in [3.63, 3.8) is 0 Å². The number of nitrogens with two attached hydrogens (primary N) is 1. The van der Waals surface area contributed by atoms with Gasteiger partial charge in [-0.2, -0.15) is 0 Å². The molecular weight excluding hydrogens is 202 g/mol. The third-order valence-corrected chi connectivity index (χ3v) is 3.22. The molecule has 1 aliphatic rings. The number of oxime groups is 1. The highest BCUT2D eigenvalue weighted by atomic mass is 16.4. The van der Waals surface area contributed by atoms with Crippen LogP contribution < -0.4 is 5.73 Å². The van der Waals surface area contributed by atoms with Crippen LogP contribution in [0.5, 0.6) is 0 Å². The first-order valence-corrected chi connectivity index (χ1v) is 6.34. The molecule has 1 fully saturated rings. The average Bonchev–Trinajstić information content (AvgIpc) is 2.76. The zero-order chi connectivity index (χ0) is 12.0. The average molecular weight is 227 g/mol. The lowest BCUT2D eigenvalue weighted by atomic mass is 10.1. The third-order valence-electron chi connectivity index (χ3n) is 3.22. The van der Waals surface area contributed by atoms with Crippen molar-refractivity contribution in [2.75, 3.05) is 13.1 Å². The molecule has 0 unspecified atom stereocenters. The Balaban J connectivity index is 2.43. The zero-order valence-corrected chi connectivity index (χ0v) is 10.5. The third kappa shape index (κ3) is 4.39. The molecule has 4 heteroatoms. The fraction of sp³-hybridized carbons (Fsp3) is 0.917. The van der Waals surface area contributed by atoms with E-state index in [1.807, 2.05) is 0 Å². The van der Waals surface area contributed by atoms with Crippen LogP contribution in [0.25, 0.3) is 0 Å². The van der Waals surface area contributed by atoms with Crippen LogP contribution in [-0.4, -0.2) is 35.1 Å².